The van der Waals surface area contributed by atoms with E-state index in [1.807, 2.05) is 0 Å². The van der Waals surface area contributed by atoms with Crippen molar-refractivity contribution in [3.05, 3.63) is 65.7 Å². The van der Waals surface area contributed by atoms with Crippen LogP contribution >= 0.6 is 0 Å². The van der Waals surface area contributed by atoms with Crippen molar-refractivity contribution in [3.8, 4) is 5.75 Å². The Labute approximate surface area is 169 Å². The summed E-state index contributed by atoms with van der Waals surface area (Å²) < 4.78 is 6.05. The molecule has 4 aliphatic carbocycles. The van der Waals surface area contributed by atoms with Crippen LogP contribution in [0.1, 0.15) is 49.7 Å². The molecule has 0 spiro atoms. The molecule has 2 aromatic carbocycles. The van der Waals surface area contributed by atoms with Crippen LogP contribution in [0.25, 0.3) is 0 Å². The van der Waals surface area contributed by atoms with Gasteiger partial charge in [-0.2, -0.15) is 0 Å². The summed E-state index contributed by atoms with van der Waals surface area (Å²) in [5.74, 6) is 4.02. The molecule has 0 aliphatic heterocycles. The topological polar surface area (TPSA) is 12.5 Å². The molecular weight excluding hydrogens is 342 g/mol. The number of likely N-dealkylation sites (N-methyl/N-ethyl adjacent to an activating group) is 1. The van der Waals surface area contributed by atoms with Crippen LogP contribution in [0.2, 0.25) is 0 Å². The van der Waals surface area contributed by atoms with Gasteiger partial charge in [0.05, 0.1) is 0 Å². The van der Waals surface area contributed by atoms with Crippen molar-refractivity contribution in [2.24, 2.45) is 17.8 Å². The van der Waals surface area contributed by atoms with Gasteiger partial charge in [0.15, 0.2) is 0 Å². The molecular formula is C26H33NO. The molecule has 0 saturated heterocycles. The van der Waals surface area contributed by atoms with Crippen LogP contribution in [0.5, 0.6) is 5.75 Å². The summed E-state index contributed by atoms with van der Waals surface area (Å²) in [4.78, 5) is 2.32. The normalized spacial score (nSPS) is 30.7. The molecule has 0 heterocycles. The Bertz CT molecular complexity index is 747. The van der Waals surface area contributed by atoms with Crippen LogP contribution in [0.4, 0.5) is 0 Å². The van der Waals surface area contributed by atoms with Crippen LogP contribution in [0.3, 0.4) is 0 Å². The highest BCUT2D eigenvalue weighted by molar-refractivity contribution is 5.34. The molecule has 4 bridgehead atoms. The number of hydrogen-bond acceptors (Lipinski definition) is 2. The first-order valence-corrected chi connectivity index (χ1v) is 11.1. The maximum Gasteiger partial charge on any atom is 0.119 e. The highest BCUT2D eigenvalue weighted by Gasteiger charge is 2.51. The molecule has 0 atom stereocenters. The van der Waals surface area contributed by atoms with Gasteiger partial charge in [-0.3, -0.25) is 4.90 Å². The molecule has 4 fully saturated rings. The van der Waals surface area contributed by atoms with Crippen LogP contribution in [-0.4, -0.2) is 25.1 Å². The number of ether oxygens (including phenoxy) is 1. The number of benzene rings is 2. The maximum atomic E-state index is 6.05. The Morgan fingerprint density at radius 2 is 1.46 bits per heavy atom. The molecule has 0 amide bonds. The molecule has 4 aliphatic rings. The Morgan fingerprint density at radius 1 is 0.857 bits per heavy atom. The van der Waals surface area contributed by atoms with Crippen molar-refractivity contribution in [1.82, 2.24) is 4.90 Å². The summed E-state index contributed by atoms with van der Waals surface area (Å²) in [6.45, 7) is 2.64. The fraction of sp³-hybridized carbons (Fsp3) is 0.538. The highest BCUT2D eigenvalue weighted by atomic mass is 16.5. The zero-order valence-electron chi connectivity index (χ0n) is 17.1. The van der Waals surface area contributed by atoms with Crippen molar-refractivity contribution in [1.29, 1.82) is 0 Å². The zero-order valence-corrected chi connectivity index (χ0v) is 17.1. The highest BCUT2D eigenvalue weighted by Crippen LogP contribution is 2.60. The van der Waals surface area contributed by atoms with Gasteiger partial charge in [0, 0.05) is 13.1 Å². The molecule has 2 aromatic rings. The van der Waals surface area contributed by atoms with Gasteiger partial charge in [-0.25, -0.2) is 0 Å². The summed E-state index contributed by atoms with van der Waals surface area (Å²) in [7, 11) is 2.16. The number of hydrogen-bond donors (Lipinski definition) is 0. The van der Waals surface area contributed by atoms with Crippen LogP contribution in [0, 0.1) is 17.8 Å². The molecule has 0 N–H and O–H groups in total. The first-order chi connectivity index (χ1) is 13.7. The van der Waals surface area contributed by atoms with E-state index in [1.165, 1.54) is 44.1 Å². The van der Waals surface area contributed by atoms with E-state index >= 15 is 0 Å². The lowest BCUT2D eigenvalue weighted by molar-refractivity contribution is -0.00520. The minimum Gasteiger partial charge on any atom is -0.492 e. The van der Waals surface area contributed by atoms with E-state index in [0.29, 0.717) is 5.41 Å². The molecule has 6 rings (SSSR count). The third-order valence-electron chi connectivity index (χ3n) is 7.54. The Kier molecular flexibility index (Phi) is 4.92. The Hall–Kier alpha value is -1.80. The first kappa shape index (κ1) is 18.2. The second kappa shape index (κ2) is 7.55. The Balaban J connectivity index is 1.15. The van der Waals surface area contributed by atoms with Crippen molar-refractivity contribution < 1.29 is 4.74 Å². The quantitative estimate of drug-likeness (QED) is 0.619. The molecule has 148 valence electrons. The summed E-state index contributed by atoms with van der Waals surface area (Å²) in [6, 6.07) is 19.8. The van der Waals surface area contributed by atoms with E-state index < -0.39 is 0 Å². The molecule has 28 heavy (non-hydrogen) atoms. The van der Waals surface area contributed by atoms with E-state index in [9.17, 15) is 0 Å². The average molecular weight is 376 g/mol. The first-order valence-electron chi connectivity index (χ1n) is 11.1. The lowest BCUT2D eigenvalue weighted by Crippen LogP contribution is -2.48. The summed E-state index contributed by atoms with van der Waals surface area (Å²) in [5.41, 5.74) is 3.42. The van der Waals surface area contributed by atoms with Crippen LogP contribution in [-0.2, 0) is 12.0 Å². The standard InChI is InChI=1S/C26H33NO/c1-27(19-20-5-3-2-4-6-20)11-12-28-25-9-7-24(8-10-25)26-16-21-13-22(17-26)15-23(14-21)18-26/h2-10,21-23H,11-19H2,1H3. The lowest BCUT2D eigenvalue weighted by Gasteiger charge is -2.57. The van der Waals surface area contributed by atoms with Crippen molar-refractivity contribution >= 4 is 0 Å². The largest absolute Gasteiger partial charge is 0.492 e. The van der Waals surface area contributed by atoms with E-state index in [0.717, 1.165) is 43.2 Å². The van der Waals surface area contributed by atoms with Gasteiger partial charge in [0.25, 0.3) is 0 Å². The summed E-state index contributed by atoms with van der Waals surface area (Å²) >= 11 is 0. The lowest BCUT2D eigenvalue weighted by atomic mass is 9.48. The average Bonchev–Trinajstić information content (AvgIpc) is 2.68. The van der Waals surface area contributed by atoms with Gasteiger partial charge in [-0.1, -0.05) is 42.5 Å². The van der Waals surface area contributed by atoms with Crippen molar-refractivity contribution in [2.45, 2.75) is 50.5 Å². The molecule has 0 aromatic heterocycles. The van der Waals surface area contributed by atoms with Gasteiger partial charge in [0.1, 0.15) is 12.4 Å². The predicted octanol–water partition coefficient (Wildman–Crippen LogP) is 5.67. The molecule has 2 nitrogen and oxygen atoms in total. The fourth-order valence-corrected chi connectivity index (χ4v) is 6.66. The van der Waals surface area contributed by atoms with Crippen LogP contribution < -0.4 is 4.74 Å². The SMILES string of the molecule is CN(CCOc1ccc(C23CC4CC(CC(C4)C2)C3)cc1)Cc1ccccc1. The minimum absolute atomic E-state index is 0.489. The zero-order chi connectivity index (χ0) is 19.0. The molecule has 2 heteroatoms. The second-order valence-corrected chi connectivity index (χ2v) is 9.79. The monoisotopic (exact) mass is 375 g/mol. The molecule has 0 unspecified atom stereocenters. The van der Waals surface area contributed by atoms with Gasteiger partial charge >= 0.3 is 0 Å². The third kappa shape index (κ3) is 3.72. The van der Waals surface area contributed by atoms with Crippen molar-refractivity contribution in [2.75, 3.05) is 20.2 Å². The van der Waals surface area contributed by atoms with E-state index in [1.54, 1.807) is 5.56 Å². The number of rotatable bonds is 7. The van der Waals surface area contributed by atoms with Crippen LogP contribution in [0.15, 0.2) is 54.6 Å². The summed E-state index contributed by atoms with van der Waals surface area (Å²) in [6.07, 6.45) is 8.83. The molecule has 4 saturated carbocycles. The maximum absolute atomic E-state index is 6.05. The van der Waals surface area contributed by atoms with Gasteiger partial charge in [0.2, 0.25) is 0 Å². The predicted molar refractivity (Wildman–Crippen MR) is 115 cm³/mol. The minimum atomic E-state index is 0.489. The van der Waals surface area contributed by atoms with E-state index in [-0.39, 0.29) is 0 Å². The van der Waals surface area contributed by atoms with E-state index in [4.69, 9.17) is 4.74 Å². The van der Waals surface area contributed by atoms with Crippen molar-refractivity contribution in [3.63, 3.8) is 0 Å². The van der Waals surface area contributed by atoms with E-state index in [2.05, 4.69) is 66.5 Å². The van der Waals surface area contributed by atoms with Gasteiger partial charge in [-0.05, 0) is 92.0 Å². The van der Waals surface area contributed by atoms with Gasteiger partial charge in [-0.15, -0.1) is 0 Å². The van der Waals surface area contributed by atoms with Gasteiger partial charge < -0.3 is 4.74 Å². The number of nitrogens with zero attached hydrogens (tertiary/aromatic N) is 1. The Morgan fingerprint density at radius 3 is 2.07 bits per heavy atom. The fourth-order valence-electron chi connectivity index (χ4n) is 6.66. The second-order valence-electron chi connectivity index (χ2n) is 9.79. The third-order valence-corrected chi connectivity index (χ3v) is 7.54. The molecule has 0 radical (unpaired) electrons. The smallest absolute Gasteiger partial charge is 0.119 e. The summed E-state index contributed by atoms with van der Waals surface area (Å²) in [5, 5.41) is 0.